The number of ether oxygens (including phenoxy) is 1. The van der Waals surface area contributed by atoms with Crippen molar-refractivity contribution in [1.29, 1.82) is 0 Å². The number of aryl methyl sites for hydroxylation is 1. The summed E-state index contributed by atoms with van der Waals surface area (Å²) in [6.45, 7) is 4.53. The zero-order chi connectivity index (χ0) is 12.8. The number of nitrogens with zero attached hydrogens (tertiary/aromatic N) is 4. The summed E-state index contributed by atoms with van der Waals surface area (Å²) in [4.78, 5) is 2.41. The lowest BCUT2D eigenvalue weighted by Gasteiger charge is -2.31. The van der Waals surface area contributed by atoms with E-state index in [4.69, 9.17) is 10.5 Å². The maximum atomic E-state index is 5.79. The number of hydrogen-bond donors (Lipinski definition) is 1. The van der Waals surface area contributed by atoms with Gasteiger partial charge >= 0.3 is 0 Å². The number of aromatic nitrogens is 3. The summed E-state index contributed by atoms with van der Waals surface area (Å²) in [5.41, 5.74) is 5.45. The van der Waals surface area contributed by atoms with Gasteiger partial charge in [0.1, 0.15) is 12.2 Å². The van der Waals surface area contributed by atoms with Gasteiger partial charge in [-0.1, -0.05) is 0 Å². The van der Waals surface area contributed by atoms with Crippen LogP contribution in [0.1, 0.15) is 25.1 Å². The zero-order valence-electron chi connectivity index (χ0n) is 11.1. The molecule has 2 heterocycles. The second-order valence-corrected chi connectivity index (χ2v) is 4.85. The first-order valence-corrected chi connectivity index (χ1v) is 6.66. The molecule has 1 aromatic rings. The Bertz CT molecular complexity index is 346. The van der Waals surface area contributed by atoms with Gasteiger partial charge in [0.2, 0.25) is 0 Å². The van der Waals surface area contributed by atoms with Crippen LogP contribution < -0.4 is 5.73 Å². The summed E-state index contributed by atoms with van der Waals surface area (Å²) in [5.74, 6) is 1.03. The topological polar surface area (TPSA) is 69.2 Å². The highest BCUT2D eigenvalue weighted by Crippen LogP contribution is 2.15. The molecule has 0 atom stereocenters. The Balaban J connectivity index is 1.69. The smallest absolute Gasteiger partial charge is 0.146 e. The number of likely N-dealkylation sites (tertiary alicyclic amines) is 1. The van der Waals surface area contributed by atoms with E-state index in [9.17, 15) is 0 Å². The average molecular weight is 253 g/mol. The van der Waals surface area contributed by atoms with Crippen LogP contribution in [-0.4, -0.2) is 52.0 Å². The van der Waals surface area contributed by atoms with Crippen LogP contribution in [0.3, 0.4) is 0 Å². The van der Waals surface area contributed by atoms with E-state index in [1.807, 2.05) is 11.6 Å². The Morgan fingerprint density at radius 3 is 2.83 bits per heavy atom. The lowest BCUT2D eigenvalue weighted by Crippen LogP contribution is -2.37. The zero-order valence-corrected chi connectivity index (χ0v) is 11.1. The van der Waals surface area contributed by atoms with Gasteiger partial charge in [0.25, 0.3) is 0 Å². The van der Waals surface area contributed by atoms with Gasteiger partial charge in [-0.2, -0.15) is 0 Å². The normalized spacial score (nSPS) is 18.3. The lowest BCUT2D eigenvalue weighted by molar-refractivity contribution is 0.00500. The molecule has 18 heavy (non-hydrogen) atoms. The van der Waals surface area contributed by atoms with Crippen molar-refractivity contribution in [2.24, 2.45) is 12.8 Å². The molecular formula is C12H23N5O. The molecule has 6 nitrogen and oxygen atoms in total. The Hall–Kier alpha value is -0.980. The first kappa shape index (κ1) is 13.5. The molecule has 0 unspecified atom stereocenters. The van der Waals surface area contributed by atoms with E-state index in [1.54, 1.807) is 6.33 Å². The van der Waals surface area contributed by atoms with E-state index in [0.717, 1.165) is 51.3 Å². The third-order valence-corrected chi connectivity index (χ3v) is 3.41. The largest absolute Gasteiger partial charge is 0.378 e. The summed E-state index contributed by atoms with van der Waals surface area (Å²) in [7, 11) is 1.98. The van der Waals surface area contributed by atoms with Crippen molar-refractivity contribution in [2.75, 3.05) is 26.2 Å². The third-order valence-electron chi connectivity index (χ3n) is 3.41. The Morgan fingerprint density at radius 1 is 1.44 bits per heavy atom. The highest BCUT2D eigenvalue weighted by molar-refractivity contribution is 4.85. The van der Waals surface area contributed by atoms with Crippen molar-refractivity contribution < 1.29 is 4.74 Å². The van der Waals surface area contributed by atoms with Gasteiger partial charge in [-0.3, -0.25) is 4.90 Å². The van der Waals surface area contributed by atoms with Crippen molar-refractivity contribution in [3.05, 3.63) is 12.2 Å². The van der Waals surface area contributed by atoms with Gasteiger partial charge in [0.05, 0.1) is 12.6 Å². The predicted octanol–water partition coefficient (Wildman–Crippen LogP) is 0.145. The van der Waals surface area contributed by atoms with Gasteiger partial charge in [-0.25, -0.2) is 0 Å². The highest BCUT2D eigenvalue weighted by atomic mass is 16.5. The molecule has 102 valence electrons. The quantitative estimate of drug-likeness (QED) is 0.731. The first-order chi connectivity index (χ1) is 8.79. The maximum absolute atomic E-state index is 5.79. The molecule has 0 spiro atoms. The minimum atomic E-state index is 0.410. The molecule has 0 saturated carbocycles. The second-order valence-electron chi connectivity index (χ2n) is 4.85. The average Bonchev–Trinajstić information content (AvgIpc) is 2.78. The Morgan fingerprint density at radius 2 is 2.22 bits per heavy atom. The Labute approximate surface area is 108 Å². The van der Waals surface area contributed by atoms with Gasteiger partial charge < -0.3 is 15.0 Å². The summed E-state index contributed by atoms with van der Waals surface area (Å²) >= 11 is 0. The van der Waals surface area contributed by atoms with E-state index in [0.29, 0.717) is 12.6 Å². The maximum Gasteiger partial charge on any atom is 0.146 e. The van der Waals surface area contributed by atoms with Crippen LogP contribution >= 0.6 is 0 Å². The molecule has 0 aliphatic carbocycles. The molecule has 6 heteroatoms. The summed E-state index contributed by atoms with van der Waals surface area (Å²) in [6.07, 6.45) is 5.31. The number of nitrogens with two attached hydrogens (primary N) is 1. The fourth-order valence-electron chi connectivity index (χ4n) is 2.22. The van der Waals surface area contributed by atoms with Gasteiger partial charge in [0, 0.05) is 26.7 Å². The van der Waals surface area contributed by atoms with Crippen LogP contribution in [-0.2, 0) is 18.3 Å². The van der Waals surface area contributed by atoms with Crippen LogP contribution in [0.5, 0.6) is 0 Å². The van der Waals surface area contributed by atoms with Crippen LogP contribution in [0, 0.1) is 0 Å². The molecule has 0 radical (unpaired) electrons. The SMILES string of the molecule is Cn1cnnc1CN1CCC(OCCCN)CC1. The summed E-state index contributed by atoms with van der Waals surface area (Å²) in [5, 5.41) is 8.02. The summed E-state index contributed by atoms with van der Waals surface area (Å²) < 4.78 is 7.77. The van der Waals surface area contributed by atoms with Crippen molar-refractivity contribution in [2.45, 2.75) is 31.9 Å². The van der Waals surface area contributed by atoms with Crippen LogP contribution in [0.2, 0.25) is 0 Å². The van der Waals surface area contributed by atoms with Crippen molar-refractivity contribution >= 4 is 0 Å². The molecule has 0 amide bonds. The van der Waals surface area contributed by atoms with Crippen LogP contribution in [0.4, 0.5) is 0 Å². The van der Waals surface area contributed by atoms with E-state index in [2.05, 4.69) is 15.1 Å². The molecule has 1 saturated heterocycles. The molecule has 2 rings (SSSR count). The van der Waals surface area contributed by atoms with Gasteiger partial charge in [0.15, 0.2) is 0 Å². The first-order valence-electron chi connectivity index (χ1n) is 6.66. The highest BCUT2D eigenvalue weighted by Gasteiger charge is 2.20. The molecular weight excluding hydrogens is 230 g/mol. The number of rotatable bonds is 6. The minimum absolute atomic E-state index is 0.410. The lowest BCUT2D eigenvalue weighted by atomic mass is 10.1. The molecule has 1 aliphatic heterocycles. The standard InChI is InChI=1S/C12H23N5O/c1-16-10-14-15-12(16)9-17-6-3-11(4-7-17)18-8-2-5-13/h10-11H,2-9,13H2,1H3. The van der Waals surface area contributed by atoms with Crippen LogP contribution in [0.15, 0.2) is 6.33 Å². The fraction of sp³-hybridized carbons (Fsp3) is 0.833. The fourth-order valence-corrected chi connectivity index (χ4v) is 2.22. The minimum Gasteiger partial charge on any atom is -0.378 e. The molecule has 1 aliphatic rings. The monoisotopic (exact) mass is 253 g/mol. The van der Waals surface area contributed by atoms with Crippen molar-refractivity contribution in [3.8, 4) is 0 Å². The van der Waals surface area contributed by atoms with Gasteiger partial charge in [-0.05, 0) is 25.8 Å². The molecule has 2 N–H and O–H groups in total. The summed E-state index contributed by atoms with van der Waals surface area (Å²) in [6, 6.07) is 0. The van der Waals surface area contributed by atoms with Gasteiger partial charge in [-0.15, -0.1) is 10.2 Å². The molecule has 1 aromatic heterocycles. The predicted molar refractivity (Wildman–Crippen MR) is 68.9 cm³/mol. The third kappa shape index (κ3) is 3.76. The molecule has 0 aromatic carbocycles. The van der Waals surface area contributed by atoms with E-state index in [-0.39, 0.29) is 0 Å². The van der Waals surface area contributed by atoms with Crippen molar-refractivity contribution in [1.82, 2.24) is 19.7 Å². The van der Waals surface area contributed by atoms with E-state index < -0.39 is 0 Å². The Kier molecular flexibility index (Phi) is 5.10. The van der Waals surface area contributed by atoms with E-state index >= 15 is 0 Å². The number of piperidine rings is 1. The molecule has 0 bridgehead atoms. The van der Waals surface area contributed by atoms with Crippen LogP contribution in [0.25, 0.3) is 0 Å². The number of hydrogen-bond acceptors (Lipinski definition) is 5. The molecule has 1 fully saturated rings. The van der Waals surface area contributed by atoms with Crippen molar-refractivity contribution in [3.63, 3.8) is 0 Å². The van der Waals surface area contributed by atoms with E-state index in [1.165, 1.54) is 0 Å². The second kappa shape index (κ2) is 6.82.